The molecule has 1 aliphatic rings. The number of hydrogen-bond donors (Lipinski definition) is 0. The summed E-state index contributed by atoms with van der Waals surface area (Å²) < 4.78 is 38.4. The number of ether oxygens (including phenoxy) is 1. The molecule has 0 saturated carbocycles. The van der Waals surface area contributed by atoms with Crippen LogP contribution in [0.15, 0.2) is 30.3 Å². The first-order valence-electron chi connectivity index (χ1n) is 4.14. The zero-order chi connectivity index (χ0) is 10.2. The second-order valence-electron chi connectivity index (χ2n) is 3.29. The Bertz CT molecular complexity index is 423. The number of hydrogen-bond acceptors (Lipinski definition) is 3. The maximum absolute atomic E-state index is 13.1. The number of halogens is 1. The van der Waals surface area contributed by atoms with Crippen molar-refractivity contribution in [3.63, 3.8) is 0 Å². The molecular formula is C9H9FO3S. The van der Waals surface area contributed by atoms with Crippen molar-refractivity contribution in [2.75, 3.05) is 13.2 Å². The first kappa shape index (κ1) is 9.61. The number of rotatable bonds is 2. The van der Waals surface area contributed by atoms with Crippen LogP contribution in [0, 0.1) is 0 Å². The molecule has 0 aliphatic carbocycles. The lowest BCUT2D eigenvalue weighted by Crippen LogP contribution is -2.51. The highest BCUT2D eigenvalue weighted by Gasteiger charge is 2.52. The Morgan fingerprint density at radius 1 is 1.21 bits per heavy atom. The van der Waals surface area contributed by atoms with Gasteiger partial charge in [-0.2, -0.15) is 8.42 Å². The van der Waals surface area contributed by atoms with Gasteiger partial charge in [-0.3, -0.25) is 0 Å². The van der Waals surface area contributed by atoms with Crippen molar-refractivity contribution >= 4 is 10.2 Å². The molecule has 0 aromatic heterocycles. The fourth-order valence-corrected chi connectivity index (χ4v) is 2.34. The van der Waals surface area contributed by atoms with Gasteiger partial charge >= 0.3 is 10.2 Å². The lowest BCUT2D eigenvalue weighted by atomic mass is 9.97. The van der Waals surface area contributed by atoms with Crippen LogP contribution in [0.3, 0.4) is 0 Å². The summed E-state index contributed by atoms with van der Waals surface area (Å²) in [5.74, 6) is 0. The molecule has 2 rings (SSSR count). The third-order valence-electron chi connectivity index (χ3n) is 2.44. The molecule has 1 fully saturated rings. The molecule has 3 nitrogen and oxygen atoms in total. The molecule has 14 heavy (non-hydrogen) atoms. The van der Waals surface area contributed by atoms with Crippen LogP contribution >= 0.6 is 0 Å². The van der Waals surface area contributed by atoms with E-state index in [9.17, 15) is 12.3 Å². The van der Waals surface area contributed by atoms with Crippen LogP contribution in [0.5, 0.6) is 0 Å². The molecule has 76 valence electrons. The lowest BCUT2D eigenvalue weighted by Gasteiger charge is -2.37. The minimum absolute atomic E-state index is 0.101. The lowest BCUT2D eigenvalue weighted by molar-refractivity contribution is -0.0180. The van der Waals surface area contributed by atoms with Crippen LogP contribution in [-0.2, 0) is 19.7 Å². The van der Waals surface area contributed by atoms with Crippen molar-refractivity contribution in [1.82, 2.24) is 0 Å². The average molecular weight is 216 g/mol. The van der Waals surface area contributed by atoms with Crippen LogP contribution in [0.4, 0.5) is 3.89 Å². The van der Waals surface area contributed by atoms with Gasteiger partial charge < -0.3 is 4.74 Å². The standard InChI is InChI=1S/C9H9FO3S/c10-14(11,12)9(6-13-7-9)8-4-2-1-3-5-8/h1-5H,6-7H2. The highest BCUT2D eigenvalue weighted by atomic mass is 32.3. The normalized spacial score (nSPS) is 20.1. The molecule has 0 radical (unpaired) electrons. The van der Waals surface area contributed by atoms with Gasteiger partial charge in [-0.15, -0.1) is 3.89 Å². The maximum Gasteiger partial charge on any atom is 0.316 e. The highest BCUT2D eigenvalue weighted by Crippen LogP contribution is 2.38. The topological polar surface area (TPSA) is 43.4 Å². The predicted octanol–water partition coefficient (Wildman–Crippen LogP) is 1.21. The van der Waals surface area contributed by atoms with Crippen molar-refractivity contribution < 1.29 is 17.0 Å². The summed E-state index contributed by atoms with van der Waals surface area (Å²) in [6.45, 7) is -0.203. The molecule has 0 amide bonds. The van der Waals surface area contributed by atoms with Gasteiger partial charge in [0.1, 0.15) is 0 Å². The second-order valence-corrected chi connectivity index (χ2v) is 4.95. The van der Waals surface area contributed by atoms with Crippen LogP contribution in [0.25, 0.3) is 0 Å². The van der Waals surface area contributed by atoms with E-state index in [1.54, 1.807) is 30.3 Å². The Hall–Kier alpha value is -0.940. The summed E-state index contributed by atoms with van der Waals surface area (Å²) in [5.41, 5.74) is 0.453. The molecule has 0 atom stereocenters. The third kappa shape index (κ3) is 1.24. The van der Waals surface area contributed by atoms with Gasteiger partial charge in [-0.25, -0.2) is 0 Å². The molecule has 1 heterocycles. The molecule has 0 N–H and O–H groups in total. The van der Waals surface area contributed by atoms with Gasteiger partial charge in [0, 0.05) is 0 Å². The minimum Gasteiger partial charge on any atom is -0.377 e. The van der Waals surface area contributed by atoms with E-state index < -0.39 is 15.0 Å². The quantitative estimate of drug-likeness (QED) is 0.698. The molecule has 1 aromatic rings. The molecule has 0 spiro atoms. The Balaban J connectivity index is 2.50. The van der Waals surface area contributed by atoms with E-state index in [0.717, 1.165) is 0 Å². The van der Waals surface area contributed by atoms with Gasteiger partial charge in [0.2, 0.25) is 0 Å². The van der Waals surface area contributed by atoms with Crippen molar-refractivity contribution in [3.8, 4) is 0 Å². The number of benzene rings is 1. The SMILES string of the molecule is O=S(=O)(F)C1(c2ccccc2)COC1. The molecular weight excluding hydrogens is 207 g/mol. The summed E-state index contributed by atoms with van der Waals surface area (Å²) in [4.78, 5) is 0. The zero-order valence-corrected chi connectivity index (χ0v) is 8.13. The van der Waals surface area contributed by atoms with Gasteiger partial charge in [-0.1, -0.05) is 30.3 Å². The van der Waals surface area contributed by atoms with Gasteiger partial charge in [0.15, 0.2) is 4.75 Å². The van der Waals surface area contributed by atoms with Gasteiger partial charge in [-0.05, 0) is 5.56 Å². The summed E-state index contributed by atoms with van der Waals surface area (Å²) in [6.07, 6.45) is 0. The summed E-state index contributed by atoms with van der Waals surface area (Å²) in [5, 5.41) is 0. The van der Waals surface area contributed by atoms with Crippen LogP contribution in [0.2, 0.25) is 0 Å². The summed E-state index contributed by atoms with van der Waals surface area (Å²) >= 11 is 0. The van der Waals surface area contributed by atoms with Crippen molar-refractivity contribution in [1.29, 1.82) is 0 Å². The molecule has 1 aliphatic heterocycles. The average Bonchev–Trinajstić information content (AvgIpc) is 2.01. The van der Waals surface area contributed by atoms with Crippen LogP contribution < -0.4 is 0 Å². The first-order valence-corrected chi connectivity index (χ1v) is 5.52. The summed E-state index contributed by atoms with van der Waals surface area (Å²) in [7, 11) is -4.61. The first-order chi connectivity index (χ1) is 6.56. The Labute approximate surface area is 81.7 Å². The fourth-order valence-electron chi connectivity index (χ4n) is 1.48. The van der Waals surface area contributed by atoms with Crippen LogP contribution in [-0.4, -0.2) is 21.6 Å². The second kappa shape index (κ2) is 3.03. The van der Waals surface area contributed by atoms with E-state index in [4.69, 9.17) is 4.74 Å². The van der Waals surface area contributed by atoms with E-state index in [-0.39, 0.29) is 13.2 Å². The Morgan fingerprint density at radius 3 is 2.14 bits per heavy atom. The maximum atomic E-state index is 13.1. The van der Waals surface area contributed by atoms with Gasteiger partial charge in [0.25, 0.3) is 0 Å². The highest BCUT2D eigenvalue weighted by molar-refractivity contribution is 7.87. The molecule has 1 saturated heterocycles. The van der Waals surface area contributed by atoms with E-state index in [0.29, 0.717) is 5.56 Å². The van der Waals surface area contributed by atoms with Crippen LogP contribution in [0.1, 0.15) is 5.56 Å². The van der Waals surface area contributed by atoms with Crippen molar-refractivity contribution in [2.24, 2.45) is 0 Å². The van der Waals surface area contributed by atoms with Crippen molar-refractivity contribution in [2.45, 2.75) is 4.75 Å². The molecule has 5 heteroatoms. The van der Waals surface area contributed by atoms with E-state index >= 15 is 0 Å². The molecule has 0 unspecified atom stereocenters. The van der Waals surface area contributed by atoms with E-state index in [1.807, 2.05) is 0 Å². The monoisotopic (exact) mass is 216 g/mol. The Morgan fingerprint density at radius 2 is 1.79 bits per heavy atom. The third-order valence-corrected chi connectivity index (χ3v) is 3.84. The largest absolute Gasteiger partial charge is 0.377 e. The van der Waals surface area contributed by atoms with E-state index in [1.165, 1.54) is 0 Å². The van der Waals surface area contributed by atoms with E-state index in [2.05, 4.69) is 0 Å². The summed E-state index contributed by atoms with van der Waals surface area (Å²) in [6, 6.07) is 8.31. The smallest absolute Gasteiger partial charge is 0.316 e. The Kier molecular flexibility index (Phi) is 2.08. The molecule has 1 aromatic carbocycles. The van der Waals surface area contributed by atoms with Crippen molar-refractivity contribution in [3.05, 3.63) is 35.9 Å². The fraction of sp³-hybridized carbons (Fsp3) is 0.333. The predicted molar refractivity (Wildman–Crippen MR) is 49.0 cm³/mol. The minimum atomic E-state index is -4.61. The molecule has 0 bridgehead atoms. The zero-order valence-electron chi connectivity index (χ0n) is 7.31. The van der Waals surface area contributed by atoms with Gasteiger partial charge in [0.05, 0.1) is 13.2 Å².